The second-order valence-electron chi connectivity index (χ2n) is 7.82. The number of aryl methyl sites for hydroxylation is 1. The molecule has 3 aromatic rings. The first-order valence-corrected chi connectivity index (χ1v) is 11.5. The minimum absolute atomic E-state index is 0.0590. The Hall–Kier alpha value is -3.00. The van der Waals surface area contributed by atoms with E-state index in [1.54, 1.807) is 0 Å². The van der Waals surface area contributed by atoms with E-state index in [2.05, 4.69) is 20.1 Å². The van der Waals surface area contributed by atoms with Crippen molar-refractivity contribution in [3.05, 3.63) is 48.0 Å². The molecule has 0 unspecified atom stereocenters. The van der Waals surface area contributed by atoms with Crippen molar-refractivity contribution in [3.8, 4) is 22.9 Å². The third kappa shape index (κ3) is 4.54. The second kappa shape index (κ2) is 8.63. The number of nitrogens with one attached hydrogen (secondary N) is 1. The Kier molecular flexibility index (Phi) is 5.55. The number of ether oxygens (including phenoxy) is 2. The summed E-state index contributed by atoms with van der Waals surface area (Å²) in [6.45, 7) is 3.33. The minimum atomic E-state index is -0.0590. The molecule has 31 heavy (non-hydrogen) atoms. The molecule has 0 bridgehead atoms. The van der Waals surface area contributed by atoms with E-state index in [1.165, 1.54) is 11.8 Å². The predicted molar refractivity (Wildman–Crippen MR) is 120 cm³/mol. The van der Waals surface area contributed by atoms with Gasteiger partial charge in [-0.25, -0.2) is 0 Å². The van der Waals surface area contributed by atoms with Crippen LogP contribution in [-0.4, -0.2) is 39.6 Å². The maximum Gasteiger partial charge on any atom is 0.234 e. The van der Waals surface area contributed by atoms with Crippen molar-refractivity contribution in [3.63, 3.8) is 0 Å². The van der Waals surface area contributed by atoms with Crippen LogP contribution < -0.4 is 14.8 Å². The Bertz CT molecular complexity index is 1090. The van der Waals surface area contributed by atoms with Gasteiger partial charge in [0.15, 0.2) is 22.5 Å². The van der Waals surface area contributed by atoms with Crippen molar-refractivity contribution in [2.75, 3.05) is 24.3 Å². The standard InChI is InChI=1S/C23H24N4O3S/c1-15-3-6-17(7-4-15)24-21(28)14-31-23-26-25-22(27(23)18-8-9-18)16-5-10-19-20(13-16)30-12-2-11-29-19/h3-7,10,13,18H,2,8-9,11-12,14H2,1H3,(H,24,28). The number of nitrogens with zero attached hydrogens (tertiary/aromatic N) is 3. The number of hydrogen-bond donors (Lipinski definition) is 1. The van der Waals surface area contributed by atoms with Gasteiger partial charge in [0.2, 0.25) is 5.91 Å². The van der Waals surface area contributed by atoms with Crippen LogP contribution >= 0.6 is 11.8 Å². The zero-order valence-electron chi connectivity index (χ0n) is 17.3. The van der Waals surface area contributed by atoms with Crippen molar-refractivity contribution >= 4 is 23.4 Å². The summed E-state index contributed by atoms with van der Waals surface area (Å²) in [5.41, 5.74) is 2.90. The van der Waals surface area contributed by atoms with Gasteiger partial charge in [0.05, 0.1) is 19.0 Å². The van der Waals surface area contributed by atoms with Crippen molar-refractivity contribution < 1.29 is 14.3 Å². The lowest BCUT2D eigenvalue weighted by Crippen LogP contribution is -2.14. The zero-order chi connectivity index (χ0) is 21.2. The third-order valence-electron chi connectivity index (χ3n) is 5.25. The summed E-state index contributed by atoms with van der Waals surface area (Å²) in [5, 5.41) is 12.6. The second-order valence-corrected chi connectivity index (χ2v) is 8.76. The van der Waals surface area contributed by atoms with E-state index in [9.17, 15) is 4.79 Å². The van der Waals surface area contributed by atoms with Crippen LogP contribution in [0.25, 0.3) is 11.4 Å². The summed E-state index contributed by atoms with van der Waals surface area (Å²) in [7, 11) is 0. The van der Waals surface area contributed by atoms with Crippen LogP contribution in [0.15, 0.2) is 47.6 Å². The van der Waals surface area contributed by atoms with Gasteiger partial charge in [-0.05, 0) is 50.1 Å². The molecule has 1 aliphatic carbocycles. The highest BCUT2D eigenvalue weighted by Crippen LogP contribution is 2.42. The molecule has 1 saturated carbocycles. The number of carbonyl (C=O) groups excluding carboxylic acids is 1. The number of hydrogen-bond acceptors (Lipinski definition) is 6. The van der Waals surface area contributed by atoms with E-state index in [0.29, 0.717) is 19.3 Å². The highest BCUT2D eigenvalue weighted by atomic mass is 32.2. The Morgan fingerprint density at radius 3 is 2.65 bits per heavy atom. The monoisotopic (exact) mass is 436 g/mol. The molecule has 0 radical (unpaired) electrons. The Morgan fingerprint density at radius 2 is 1.87 bits per heavy atom. The summed E-state index contributed by atoms with van der Waals surface area (Å²) in [6.07, 6.45) is 3.06. The number of carbonyl (C=O) groups is 1. The van der Waals surface area contributed by atoms with Crippen LogP contribution in [0.4, 0.5) is 5.69 Å². The van der Waals surface area contributed by atoms with Crippen molar-refractivity contribution in [1.29, 1.82) is 0 Å². The number of aromatic nitrogens is 3. The quantitative estimate of drug-likeness (QED) is 0.574. The predicted octanol–water partition coefficient (Wildman–Crippen LogP) is 4.48. The summed E-state index contributed by atoms with van der Waals surface area (Å²) >= 11 is 1.41. The highest BCUT2D eigenvalue weighted by Gasteiger charge is 2.30. The smallest absolute Gasteiger partial charge is 0.234 e. The van der Waals surface area contributed by atoms with Crippen molar-refractivity contribution in [2.45, 2.75) is 37.4 Å². The van der Waals surface area contributed by atoms with E-state index >= 15 is 0 Å². The molecule has 0 spiro atoms. The van der Waals surface area contributed by atoms with Gasteiger partial charge in [-0.3, -0.25) is 9.36 Å². The van der Waals surface area contributed by atoms with Crippen LogP contribution in [0.2, 0.25) is 0 Å². The summed E-state index contributed by atoms with van der Waals surface area (Å²) in [6, 6.07) is 14.1. The molecule has 0 atom stereocenters. The number of thioether (sulfide) groups is 1. The average Bonchev–Trinajstić information content (AvgIpc) is 3.57. The molecule has 7 nitrogen and oxygen atoms in total. The molecule has 1 aromatic heterocycles. The number of anilines is 1. The average molecular weight is 437 g/mol. The highest BCUT2D eigenvalue weighted by molar-refractivity contribution is 7.99. The van der Waals surface area contributed by atoms with Crippen LogP contribution in [0.5, 0.6) is 11.5 Å². The fourth-order valence-corrected chi connectivity index (χ4v) is 4.31. The van der Waals surface area contributed by atoms with E-state index in [0.717, 1.165) is 58.6 Å². The van der Waals surface area contributed by atoms with Crippen LogP contribution in [0.1, 0.15) is 30.9 Å². The van der Waals surface area contributed by atoms with Gasteiger partial charge in [-0.1, -0.05) is 29.5 Å². The summed E-state index contributed by atoms with van der Waals surface area (Å²) in [4.78, 5) is 12.4. The number of fused-ring (bicyclic) bond motifs is 1. The largest absolute Gasteiger partial charge is 0.490 e. The molecule has 2 aromatic carbocycles. The van der Waals surface area contributed by atoms with E-state index in [4.69, 9.17) is 9.47 Å². The minimum Gasteiger partial charge on any atom is -0.490 e. The Morgan fingerprint density at radius 1 is 1.10 bits per heavy atom. The molecule has 0 saturated heterocycles. The van der Waals surface area contributed by atoms with E-state index in [-0.39, 0.29) is 11.7 Å². The fraction of sp³-hybridized carbons (Fsp3) is 0.348. The topological polar surface area (TPSA) is 78.3 Å². The molecule has 1 fully saturated rings. The summed E-state index contributed by atoms with van der Waals surface area (Å²) in [5.74, 6) is 2.53. The number of rotatable bonds is 6. The fourth-order valence-electron chi connectivity index (χ4n) is 3.50. The van der Waals surface area contributed by atoms with Gasteiger partial charge < -0.3 is 14.8 Å². The molecule has 2 heterocycles. The first-order chi connectivity index (χ1) is 15.2. The first kappa shape index (κ1) is 19.9. The van der Waals surface area contributed by atoms with E-state index in [1.807, 2.05) is 49.4 Å². The maximum absolute atomic E-state index is 12.4. The zero-order valence-corrected chi connectivity index (χ0v) is 18.2. The molecular weight excluding hydrogens is 412 g/mol. The molecule has 160 valence electrons. The van der Waals surface area contributed by atoms with Gasteiger partial charge in [0.1, 0.15) is 0 Å². The molecule has 8 heteroatoms. The van der Waals surface area contributed by atoms with Crippen LogP contribution in [0, 0.1) is 6.92 Å². The van der Waals surface area contributed by atoms with Crippen molar-refractivity contribution in [2.24, 2.45) is 0 Å². The molecular formula is C23H24N4O3S. The van der Waals surface area contributed by atoms with Gasteiger partial charge in [-0.15, -0.1) is 10.2 Å². The lowest BCUT2D eigenvalue weighted by molar-refractivity contribution is -0.113. The van der Waals surface area contributed by atoms with E-state index < -0.39 is 0 Å². The van der Waals surface area contributed by atoms with Crippen LogP contribution in [0.3, 0.4) is 0 Å². The molecule has 1 N–H and O–H groups in total. The molecule has 5 rings (SSSR count). The molecule has 2 aliphatic rings. The Balaban J connectivity index is 1.32. The summed E-state index contributed by atoms with van der Waals surface area (Å²) < 4.78 is 13.7. The SMILES string of the molecule is Cc1ccc(NC(=O)CSc2nnc(-c3ccc4c(c3)OCCCO4)n2C2CC2)cc1. The first-order valence-electron chi connectivity index (χ1n) is 10.5. The Labute approximate surface area is 185 Å². The van der Waals surface area contributed by atoms with Gasteiger partial charge in [0, 0.05) is 23.7 Å². The molecule has 1 amide bonds. The van der Waals surface area contributed by atoms with Crippen LogP contribution in [-0.2, 0) is 4.79 Å². The lowest BCUT2D eigenvalue weighted by Gasteiger charge is -2.11. The van der Waals surface area contributed by atoms with Gasteiger partial charge >= 0.3 is 0 Å². The van der Waals surface area contributed by atoms with Gasteiger partial charge in [0.25, 0.3) is 0 Å². The third-order valence-corrected chi connectivity index (χ3v) is 6.19. The van der Waals surface area contributed by atoms with Crippen molar-refractivity contribution in [1.82, 2.24) is 14.8 Å². The molecule has 1 aliphatic heterocycles. The maximum atomic E-state index is 12.4. The number of benzene rings is 2. The number of amides is 1. The van der Waals surface area contributed by atoms with Gasteiger partial charge in [-0.2, -0.15) is 0 Å². The lowest BCUT2D eigenvalue weighted by atomic mass is 10.2. The normalized spacial score (nSPS) is 15.4.